The first-order chi connectivity index (χ1) is 14.7. The molecule has 0 unspecified atom stereocenters. The number of nitrogens with one attached hydrogen (secondary N) is 1. The molecule has 0 spiro atoms. The first-order valence-electron chi connectivity index (χ1n) is 9.91. The van der Waals surface area contributed by atoms with Crippen LogP contribution in [0.5, 0.6) is 0 Å². The van der Waals surface area contributed by atoms with Gasteiger partial charge in [0.15, 0.2) is 5.76 Å². The Labute approximate surface area is 175 Å². The Morgan fingerprint density at radius 3 is 2.27 bits per heavy atom. The smallest absolute Gasteiger partial charge is 0.291 e. The largest absolute Gasteiger partial charge is 0.459 e. The van der Waals surface area contributed by atoms with Crippen LogP contribution >= 0.6 is 0 Å². The zero-order valence-corrected chi connectivity index (χ0v) is 16.5. The van der Waals surface area contributed by atoms with Gasteiger partial charge in [-0.3, -0.25) is 9.59 Å². The Hall–Kier alpha value is -3.80. The quantitative estimate of drug-likeness (QED) is 0.659. The number of piperazine rings is 1. The highest BCUT2D eigenvalue weighted by Gasteiger charge is 2.20. The minimum Gasteiger partial charge on any atom is -0.459 e. The van der Waals surface area contributed by atoms with Crippen molar-refractivity contribution in [3.8, 4) is 0 Å². The molecule has 2 heterocycles. The summed E-state index contributed by atoms with van der Waals surface area (Å²) in [7, 11) is 0. The molecule has 152 valence electrons. The maximum Gasteiger partial charge on any atom is 0.291 e. The number of furan rings is 1. The molecule has 1 aliphatic rings. The zero-order chi connectivity index (χ0) is 20.8. The summed E-state index contributed by atoms with van der Waals surface area (Å²) in [5.41, 5.74) is 2.79. The minimum absolute atomic E-state index is 0.0366. The van der Waals surface area contributed by atoms with Crippen molar-refractivity contribution in [1.29, 1.82) is 0 Å². The second-order valence-corrected chi connectivity index (χ2v) is 7.03. The first kappa shape index (κ1) is 19.5. The summed E-state index contributed by atoms with van der Waals surface area (Å²) < 4.78 is 5.10. The Balaban J connectivity index is 1.29. The van der Waals surface area contributed by atoms with E-state index in [9.17, 15) is 9.59 Å². The van der Waals surface area contributed by atoms with Crippen LogP contribution in [0.4, 0.5) is 11.4 Å². The van der Waals surface area contributed by atoms with Crippen LogP contribution in [0.25, 0.3) is 6.08 Å². The van der Waals surface area contributed by atoms with Crippen molar-refractivity contribution in [2.75, 3.05) is 36.4 Å². The standard InChI is InChI=1S/C24H23N3O3/c28-23(13-8-19-5-2-1-3-6-19)27-16-14-26(15-17-27)21-11-9-20(10-12-21)25-24(29)22-7-4-18-30-22/h1-13,18H,14-17H2,(H,25,29). The van der Waals surface area contributed by atoms with E-state index in [-0.39, 0.29) is 17.6 Å². The summed E-state index contributed by atoms with van der Waals surface area (Å²) >= 11 is 0. The van der Waals surface area contributed by atoms with Gasteiger partial charge in [0.05, 0.1) is 6.26 Å². The van der Waals surface area contributed by atoms with Crippen molar-refractivity contribution in [3.63, 3.8) is 0 Å². The van der Waals surface area contributed by atoms with Gasteiger partial charge in [0.2, 0.25) is 5.91 Å². The molecule has 0 radical (unpaired) electrons. The van der Waals surface area contributed by atoms with Crippen LogP contribution in [0.3, 0.4) is 0 Å². The normalized spacial score (nSPS) is 14.1. The van der Waals surface area contributed by atoms with E-state index in [2.05, 4.69) is 10.2 Å². The lowest BCUT2D eigenvalue weighted by molar-refractivity contribution is -0.126. The maximum atomic E-state index is 12.4. The summed E-state index contributed by atoms with van der Waals surface area (Å²) in [6.07, 6.45) is 4.96. The molecule has 6 heteroatoms. The van der Waals surface area contributed by atoms with Gasteiger partial charge < -0.3 is 19.5 Å². The van der Waals surface area contributed by atoms with Crippen molar-refractivity contribution in [2.24, 2.45) is 0 Å². The van der Waals surface area contributed by atoms with Crippen LogP contribution in [-0.2, 0) is 4.79 Å². The average molecular weight is 401 g/mol. The molecular weight excluding hydrogens is 378 g/mol. The Morgan fingerprint density at radius 2 is 1.60 bits per heavy atom. The van der Waals surface area contributed by atoms with E-state index in [4.69, 9.17) is 4.42 Å². The molecule has 30 heavy (non-hydrogen) atoms. The van der Waals surface area contributed by atoms with Gasteiger partial charge >= 0.3 is 0 Å². The third-order valence-corrected chi connectivity index (χ3v) is 5.04. The van der Waals surface area contributed by atoms with Crippen LogP contribution in [-0.4, -0.2) is 42.9 Å². The lowest BCUT2D eigenvalue weighted by Gasteiger charge is -2.35. The molecule has 0 aliphatic carbocycles. The highest BCUT2D eigenvalue weighted by Crippen LogP contribution is 2.20. The van der Waals surface area contributed by atoms with Crippen LogP contribution in [0, 0.1) is 0 Å². The number of hydrogen-bond donors (Lipinski definition) is 1. The number of rotatable bonds is 5. The highest BCUT2D eigenvalue weighted by atomic mass is 16.3. The third-order valence-electron chi connectivity index (χ3n) is 5.04. The van der Waals surface area contributed by atoms with Gasteiger partial charge in [0.1, 0.15) is 0 Å². The first-order valence-corrected chi connectivity index (χ1v) is 9.91. The fraction of sp³-hybridized carbons (Fsp3) is 0.167. The van der Waals surface area contributed by atoms with Gasteiger partial charge in [-0.2, -0.15) is 0 Å². The van der Waals surface area contributed by atoms with E-state index in [1.54, 1.807) is 18.2 Å². The number of amides is 2. The summed E-state index contributed by atoms with van der Waals surface area (Å²) in [6, 6.07) is 20.8. The molecule has 2 aromatic carbocycles. The third kappa shape index (κ3) is 4.78. The molecule has 3 aromatic rings. The van der Waals surface area contributed by atoms with Crippen molar-refractivity contribution >= 4 is 29.3 Å². The Bertz CT molecular complexity index is 1000. The molecule has 0 atom stereocenters. The van der Waals surface area contributed by atoms with Gasteiger partial charge in [-0.1, -0.05) is 30.3 Å². The maximum absolute atomic E-state index is 12.4. The van der Waals surface area contributed by atoms with Crippen molar-refractivity contribution in [1.82, 2.24) is 4.90 Å². The van der Waals surface area contributed by atoms with E-state index in [1.165, 1.54) is 6.26 Å². The molecule has 1 aromatic heterocycles. The molecule has 0 saturated carbocycles. The van der Waals surface area contributed by atoms with Crippen LogP contribution in [0.15, 0.2) is 83.5 Å². The van der Waals surface area contributed by atoms with Gasteiger partial charge in [-0.25, -0.2) is 0 Å². The van der Waals surface area contributed by atoms with Crippen molar-refractivity contribution in [3.05, 3.63) is 90.4 Å². The fourth-order valence-corrected chi connectivity index (χ4v) is 3.38. The molecule has 0 bridgehead atoms. The predicted molar refractivity (Wildman–Crippen MR) is 117 cm³/mol. The zero-order valence-electron chi connectivity index (χ0n) is 16.5. The monoisotopic (exact) mass is 401 g/mol. The molecule has 4 rings (SSSR count). The second-order valence-electron chi connectivity index (χ2n) is 7.03. The van der Waals surface area contributed by atoms with Gasteiger partial charge in [0, 0.05) is 43.6 Å². The van der Waals surface area contributed by atoms with Crippen LogP contribution in [0.1, 0.15) is 16.1 Å². The van der Waals surface area contributed by atoms with Gasteiger partial charge in [-0.15, -0.1) is 0 Å². The number of hydrogen-bond acceptors (Lipinski definition) is 4. The number of carbonyl (C=O) groups excluding carboxylic acids is 2. The van der Waals surface area contributed by atoms with Gasteiger partial charge in [0.25, 0.3) is 5.91 Å². The van der Waals surface area contributed by atoms with E-state index in [0.717, 1.165) is 24.3 Å². The summed E-state index contributed by atoms with van der Waals surface area (Å²) in [6.45, 7) is 2.88. The molecular formula is C24H23N3O3. The van der Waals surface area contributed by atoms with Crippen LogP contribution < -0.4 is 10.2 Å². The molecule has 2 amide bonds. The van der Waals surface area contributed by atoms with E-state index in [1.807, 2.05) is 65.6 Å². The molecule has 1 aliphatic heterocycles. The van der Waals surface area contributed by atoms with E-state index in [0.29, 0.717) is 18.8 Å². The molecule has 1 saturated heterocycles. The number of anilines is 2. The summed E-state index contributed by atoms with van der Waals surface area (Å²) in [5, 5.41) is 2.81. The molecule has 6 nitrogen and oxygen atoms in total. The summed E-state index contributed by atoms with van der Waals surface area (Å²) in [4.78, 5) is 28.6. The van der Waals surface area contributed by atoms with Crippen molar-refractivity contribution in [2.45, 2.75) is 0 Å². The Morgan fingerprint density at radius 1 is 0.867 bits per heavy atom. The highest BCUT2D eigenvalue weighted by molar-refractivity contribution is 6.02. The molecule has 1 N–H and O–H groups in total. The second kappa shape index (κ2) is 9.13. The predicted octanol–water partition coefficient (Wildman–Crippen LogP) is 3.89. The van der Waals surface area contributed by atoms with E-state index < -0.39 is 0 Å². The van der Waals surface area contributed by atoms with E-state index >= 15 is 0 Å². The number of benzene rings is 2. The van der Waals surface area contributed by atoms with Gasteiger partial charge in [-0.05, 0) is 48.0 Å². The number of nitrogens with zero attached hydrogens (tertiary/aromatic N) is 2. The lowest BCUT2D eigenvalue weighted by atomic mass is 10.2. The Kier molecular flexibility index (Phi) is 5.94. The SMILES string of the molecule is O=C(Nc1ccc(N2CCN(C(=O)C=Cc3ccccc3)CC2)cc1)c1ccco1. The molecule has 1 fully saturated rings. The lowest BCUT2D eigenvalue weighted by Crippen LogP contribution is -2.48. The van der Waals surface area contributed by atoms with Crippen molar-refractivity contribution < 1.29 is 14.0 Å². The summed E-state index contributed by atoms with van der Waals surface area (Å²) in [5.74, 6) is 0.0408. The average Bonchev–Trinajstić information content (AvgIpc) is 3.34. The topological polar surface area (TPSA) is 65.8 Å². The number of carbonyl (C=O) groups is 2. The van der Waals surface area contributed by atoms with Crippen LogP contribution in [0.2, 0.25) is 0 Å². The fourth-order valence-electron chi connectivity index (χ4n) is 3.38. The minimum atomic E-state index is -0.275.